The van der Waals surface area contributed by atoms with E-state index in [2.05, 4.69) is 17.2 Å². The highest BCUT2D eigenvalue weighted by atomic mass is 16.5. The third-order valence-corrected chi connectivity index (χ3v) is 5.65. The number of furan rings is 1. The Morgan fingerprint density at radius 2 is 2.06 bits per heavy atom. The average molecular weight is 425 g/mol. The molecule has 8 nitrogen and oxygen atoms in total. The fourth-order valence-electron chi connectivity index (χ4n) is 3.95. The molecule has 1 atom stereocenters. The first-order valence-electron chi connectivity index (χ1n) is 10.6. The van der Waals surface area contributed by atoms with Crippen LogP contribution in [0.25, 0.3) is 0 Å². The number of fused-ring (bicyclic) bond motifs is 3. The fourth-order valence-corrected chi connectivity index (χ4v) is 3.95. The van der Waals surface area contributed by atoms with Gasteiger partial charge in [-0.2, -0.15) is 0 Å². The highest BCUT2D eigenvalue weighted by Crippen LogP contribution is 2.36. The Kier molecular flexibility index (Phi) is 5.97. The number of nitrogens with zero attached hydrogens (tertiary/aromatic N) is 3. The minimum absolute atomic E-state index is 0.165. The van der Waals surface area contributed by atoms with Gasteiger partial charge in [0.25, 0.3) is 5.91 Å². The summed E-state index contributed by atoms with van der Waals surface area (Å²) in [4.78, 5) is 24.4. The number of amides is 1. The van der Waals surface area contributed by atoms with E-state index in [1.807, 2.05) is 30.0 Å². The van der Waals surface area contributed by atoms with Crippen molar-refractivity contribution in [2.75, 3.05) is 27.3 Å². The number of carbonyl (C=O) groups is 1. The predicted molar refractivity (Wildman–Crippen MR) is 119 cm³/mol. The van der Waals surface area contributed by atoms with E-state index in [0.29, 0.717) is 53.7 Å². The standard InChI is InChI=1S/C23H28N4O4/c1-5-15-12-27-13-25-23-20(21(27)26-15)19(16(6-2)31-23)22(28)24-10-9-14-7-8-17(29-3)18(11-14)30-4/h7-8,11,13,15H,5-6,9-10,12H2,1-4H3,(H,24,28). The van der Waals surface area contributed by atoms with Crippen molar-refractivity contribution in [1.29, 1.82) is 0 Å². The fraction of sp³-hybridized carbons (Fsp3) is 0.435. The second kappa shape index (κ2) is 8.83. The molecule has 0 fully saturated rings. The molecule has 31 heavy (non-hydrogen) atoms. The number of rotatable bonds is 8. The number of benzene rings is 1. The first-order chi connectivity index (χ1) is 15.1. The van der Waals surface area contributed by atoms with E-state index in [4.69, 9.17) is 18.9 Å². The van der Waals surface area contributed by atoms with Crippen molar-refractivity contribution in [3.63, 3.8) is 0 Å². The molecule has 4 rings (SSSR count). The summed E-state index contributed by atoms with van der Waals surface area (Å²) in [7, 11) is 3.22. The normalized spacial score (nSPS) is 16.6. The minimum atomic E-state index is -0.165. The maximum absolute atomic E-state index is 13.2. The van der Waals surface area contributed by atoms with Crippen LogP contribution < -0.4 is 14.8 Å². The number of carbonyl (C=O) groups excluding carboxylic acids is 1. The Balaban J connectivity index is 1.52. The highest BCUT2D eigenvalue weighted by molar-refractivity contribution is 6.17. The molecule has 0 saturated heterocycles. The number of aliphatic imine (C=N–C) groups is 2. The molecule has 2 aromatic rings. The third-order valence-electron chi connectivity index (χ3n) is 5.65. The van der Waals surface area contributed by atoms with Crippen molar-refractivity contribution in [3.05, 3.63) is 40.6 Å². The smallest absolute Gasteiger partial charge is 0.255 e. The molecular formula is C23H28N4O4. The largest absolute Gasteiger partial charge is 0.493 e. The van der Waals surface area contributed by atoms with Crippen LogP contribution in [0.4, 0.5) is 5.88 Å². The van der Waals surface area contributed by atoms with Crippen molar-refractivity contribution in [2.24, 2.45) is 9.98 Å². The molecule has 2 aliphatic heterocycles. The number of ether oxygens (including phenoxy) is 2. The van der Waals surface area contributed by atoms with Gasteiger partial charge in [0.15, 0.2) is 11.5 Å². The van der Waals surface area contributed by atoms with Gasteiger partial charge in [-0.05, 0) is 30.5 Å². The zero-order valence-corrected chi connectivity index (χ0v) is 18.4. The first kappa shape index (κ1) is 21.0. The van der Waals surface area contributed by atoms with Crippen LogP contribution in [0.3, 0.4) is 0 Å². The van der Waals surface area contributed by atoms with E-state index in [1.165, 1.54) is 0 Å². The van der Waals surface area contributed by atoms with Crippen LogP contribution in [-0.4, -0.2) is 56.3 Å². The quantitative estimate of drug-likeness (QED) is 0.702. The molecule has 1 N–H and O–H groups in total. The predicted octanol–water partition coefficient (Wildman–Crippen LogP) is 3.35. The van der Waals surface area contributed by atoms with Crippen LogP contribution in [0, 0.1) is 0 Å². The molecule has 0 saturated carbocycles. The zero-order valence-electron chi connectivity index (χ0n) is 18.4. The highest BCUT2D eigenvalue weighted by Gasteiger charge is 2.36. The number of amidine groups is 1. The SMILES string of the molecule is CCc1oc2c(c1C(=O)NCCc1ccc(OC)c(OC)c1)C1=NC(CC)CN1C=N2. The summed E-state index contributed by atoms with van der Waals surface area (Å²) in [5.41, 5.74) is 2.30. The summed E-state index contributed by atoms with van der Waals surface area (Å²) < 4.78 is 16.5. The summed E-state index contributed by atoms with van der Waals surface area (Å²) in [6.45, 7) is 5.34. The second-order valence-electron chi connectivity index (χ2n) is 7.54. The van der Waals surface area contributed by atoms with Crippen molar-refractivity contribution in [2.45, 2.75) is 39.2 Å². The van der Waals surface area contributed by atoms with E-state index in [9.17, 15) is 4.79 Å². The van der Waals surface area contributed by atoms with Crippen LogP contribution in [0.5, 0.6) is 11.5 Å². The minimum Gasteiger partial charge on any atom is -0.493 e. The maximum Gasteiger partial charge on any atom is 0.255 e. The molecule has 1 aromatic heterocycles. The lowest BCUT2D eigenvalue weighted by molar-refractivity contribution is 0.0952. The lowest BCUT2D eigenvalue weighted by atomic mass is 10.1. The molecule has 1 amide bonds. The summed E-state index contributed by atoms with van der Waals surface area (Å²) in [5, 5.41) is 3.03. The summed E-state index contributed by atoms with van der Waals surface area (Å²) >= 11 is 0. The number of hydrogen-bond acceptors (Lipinski definition) is 7. The molecule has 164 valence electrons. The van der Waals surface area contributed by atoms with Crippen LogP contribution in [0.2, 0.25) is 0 Å². The lowest BCUT2D eigenvalue weighted by Gasteiger charge is -2.18. The van der Waals surface area contributed by atoms with Crippen LogP contribution >= 0.6 is 0 Å². The van der Waals surface area contributed by atoms with Crippen molar-refractivity contribution in [3.8, 4) is 11.5 Å². The lowest BCUT2D eigenvalue weighted by Crippen LogP contribution is -2.33. The summed E-state index contributed by atoms with van der Waals surface area (Å²) in [6.07, 6.45) is 3.95. The van der Waals surface area contributed by atoms with E-state index in [0.717, 1.165) is 24.4 Å². The Morgan fingerprint density at radius 3 is 2.77 bits per heavy atom. The molecule has 0 aliphatic carbocycles. The Hall–Kier alpha value is -3.29. The van der Waals surface area contributed by atoms with E-state index >= 15 is 0 Å². The van der Waals surface area contributed by atoms with E-state index in [1.54, 1.807) is 20.6 Å². The van der Waals surface area contributed by atoms with Gasteiger partial charge in [-0.1, -0.05) is 19.9 Å². The van der Waals surface area contributed by atoms with Gasteiger partial charge in [-0.3, -0.25) is 9.79 Å². The van der Waals surface area contributed by atoms with Gasteiger partial charge >= 0.3 is 0 Å². The summed E-state index contributed by atoms with van der Waals surface area (Å²) in [5.74, 6) is 3.07. The molecule has 2 aliphatic rings. The Bertz CT molecular complexity index is 1040. The van der Waals surface area contributed by atoms with Gasteiger partial charge in [-0.25, -0.2) is 4.99 Å². The Labute approximate surface area is 182 Å². The molecule has 3 heterocycles. The van der Waals surface area contributed by atoms with Gasteiger partial charge in [-0.15, -0.1) is 0 Å². The van der Waals surface area contributed by atoms with Crippen LogP contribution in [0.15, 0.2) is 32.6 Å². The number of hydrogen-bond donors (Lipinski definition) is 1. The number of aryl methyl sites for hydroxylation is 1. The van der Waals surface area contributed by atoms with Crippen molar-refractivity contribution >= 4 is 24.0 Å². The van der Waals surface area contributed by atoms with Gasteiger partial charge in [0.1, 0.15) is 17.9 Å². The van der Waals surface area contributed by atoms with Gasteiger partial charge < -0.3 is 24.1 Å². The molecule has 1 aromatic carbocycles. The van der Waals surface area contributed by atoms with Crippen LogP contribution in [0.1, 0.15) is 47.5 Å². The zero-order chi connectivity index (χ0) is 22.0. The van der Waals surface area contributed by atoms with Crippen molar-refractivity contribution < 1.29 is 18.7 Å². The molecule has 0 radical (unpaired) electrons. The summed E-state index contributed by atoms with van der Waals surface area (Å²) in [6, 6.07) is 5.96. The van der Waals surface area contributed by atoms with Crippen molar-refractivity contribution in [1.82, 2.24) is 10.2 Å². The molecule has 1 unspecified atom stereocenters. The average Bonchev–Trinajstić information content (AvgIpc) is 3.39. The topological polar surface area (TPSA) is 88.7 Å². The molecule has 0 bridgehead atoms. The van der Waals surface area contributed by atoms with Gasteiger partial charge in [0, 0.05) is 19.5 Å². The monoisotopic (exact) mass is 424 g/mol. The van der Waals surface area contributed by atoms with Crippen LogP contribution in [-0.2, 0) is 12.8 Å². The van der Waals surface area contributed by atoms with Gasteiger partial charge in [0.05, 0.1) is 31.4 Å². The molecule has 8 heteroatoms. The van der Waals surface area contributed by atoms with E-state index in [-0.39, 0.29) is 11.9 Å². The Morgan fingerprint density at radius 1 is 1.26 bits per heavy atom. The second-order valence-corrected chi connectivity index (χ2v) is 7.54. The number of nitrogens with one attached hydrogen (secondary N) is 1. The molecular weight excluding hydrogens is 396 g/mol. The molecule has 0 spiro atoms. The van der Waals surface area contributed by atoms with E-state index < -0.39 is 0 Å². The number of methoxy groups -OCH3 is 2. The van der Waals surface area contributed by atoms with Gasteiger partial charge in [0.2, 0.25) is 5.88 Å². The maximum atomic E-state index is 13.2. The first-order valence-corrected chi connectivity index (χ1v) is 10.6. The third kappa shape index (κ3) is 3.89.